The third-order valence-corrected chi connectivity index (χ3v) is 14.9. The van der Waals surface area contributed by atoms with Crippen molar-refractivity contribution in [1.82, 2.24) is 14.9 Å². The summed E-state index contributed by atoms with van der Waals surface area (Å²) in [5, 5.41) is 1.88. The highest BCUT2D eigenvalue weighted by molar-refractivity contribution is 6.38. The van der Waals surface area contributed by atoms with Crippen LogP contribution < -0.4 is 20.2 Å². The first-order valence-electron chi connectivity index (χ1n) is 25.2. The molecule has 0 spiro atoms. The number of aliphatic imine (C=N–C) groups is 2. The molecule has 9 nitrogen and oxygen atoms in total. The number of halogens is 2. The topological polar surface area (TPSA) is 78.0 Å². The van der Waals surface area contributed by atoms with Gasteiger partial charge in [-0.05, 0) is 123 Å². The zero-order valence-electron chi connectivity index (χ0n) is 41.9. The summed E-state index contributed by atoms with van der Waals surface area (Å²) in [6, 6.07) is 24.6. The molecular formula is C57H77Cl2N7O2+2. The largest absolute Gasteiger partial charge is 0.493 e. The summed E-state index contributed by atoms with van der Waals surface area (Å²) >= 11 is 15.5. The Kier molecular flexibility index (Phi) is 17.6. The molecule has 4 aromatic rings. The van der Waals surface area contributed by atoms with Crippen LogP contribution in [0.2, 0.25) is 0 Å². The molecule has 364 valence electrons. The second-order valence-corrected chi connectivity index (χ2v) is 21.8. The molecule has 5 heterocycles. The van der Waals surface area contributed by atoms with Crippen LogP contribution in [0.4, 0.5) is 0 Å². The quantitative estimate of drug-likeness (QED) is 0.0301. The number of hydrogen-bond donors (Lipinski definition) is 2. The van der Waals surface area contributed by atoms with Crippen LogP contribution in [-0.4, -0.2) is 128 Å². The van der Waals surface area contributed by atoms with Gasteiger partial charge in [-0.3, -0.25) is 4.99 Å². The first kappa shape index (κ1) is 51.2. The molecule has 3 aliphatic heterocycles. The van der Waals surface area contributed by atoms with Gasteiger partial charge in [-0.2, -0.15) is 0 Å². The number of aromatic nitrogens is 2. The summed E-state index contributed by atoms with van der Waals surface area (Å²) in [6.45, 7) is 9.23. The van der Waals surface area contributed by atoms with E-state index in [1.807, 2.05) is 60.7 Å². The maximum absolute atomic E-state index is 7.88. The zero-order valence-corrected chi connectivity index (χ0v) is 43.4. The Morgan fingerprint density at radius 1 is 0.632 bits per heavy atom. The molecule has 0 fully saturated rings. The van der Waals surface area contributed by atoms with Crippen LogP contribution in [0.25, 0.3) is 11.6 Å². The van der Waals surface area contributed by atoms with Crippen molar-refractivity contribution >= 4 is 46.3 Å². The van der Waals surface area contributed by atoms with Gasteiger partial charge < -0.3 is 33.3 Å². The van der Waals surface area contributed by atoms with E-state index < -0.39 is 9.87 Å². The summed E-state index contributed by atoms with van der Waals surface area (Å²) in [5.74, 6) is 1.66. The minimum Gasteiger partial charge on any atom is -0.493 e. The molecule has 0 aliphatic carbocycles. The predicted octanol–water partition coefficient (Wildman–Crippen LogP) is 10.5. The van der Waals surface area contributed by atoms with Crippen LogP contribution in [0, 0.1) is 0 Å². The van der Waals surface area contributed by atoms with Gasteiger partial charge >= 0.3 is 0 Å². The molecule has 3 aliphatic rings. The maximum atomic E-state index is 7.88. The Hall–Kier alpha value is -4.64. The average molecular weight is 963 g/mol. The van der Waals surface area contributed by atoms with Crippen molar-refractivity contribution in [3.05, 3.63) is 142 Å². The van der Waals surface area contributed by atoms with E-state index in [1.165, 1.54) is 64.3 Å². The summed E-state index contributed by atoms with van der Waals surface area (Å²) in [5.41, 5.74) is 6.73. The Bertz CT molecular complexity index is 2560. The van der Waals surface area contributed by atoms with E-state index in [4.69, 9.17) is 42.7 Å². The highest BCUT2D eigenvalue weighted by atomic mass is 35.5. The van der Waals surface area contributed by atoms with E-state index in [0.29, 0.717) is 18.9 Å². The fourth-order valence-corrected chi connectivity index (χ4v) is 10.3. The Balaban J connectivity index is 1.05. The summed E-state index contributed by atoms with van der Waals surface area (Å²) in [6.07, 6.45) is 25.9. The lowest BCUT2D eigenvalue weighted by molar-refractivity contribution is -0.890. The van der Waals surface area contributed by atoms with Crippen molar-refractivity contribution in [2.45, 2.75) is 87.4 Å². The van der Waals surface area contributed by atoms with Gasteiger partial charge in [0.05, 0.1) is 84.7 Å². The Labute approximate surface area is 416 Å². The monoisotopic (exact) mass is 962 g/mol. The maximum Gasteiger partial charge on any atom is 0.181 e. The molecule has 0 amide bonds. The van der Waals surface area contributed by atoms with Gasteiger partial charge in [0.2, 0.25) is 0 Å². The van der Waals surface area contributed by atoms with E-state index in [-0.39, 0.29) is 0 Å². The molecular weight excluding hydrogens is 886 g/mol. The molecule has 2 aromatic carbocycles. The van der Waals surface area contributed by atoms with Gasteiger partial charge in [0.15, 0.2) is 9.87 Å². The van der Waals surface area contributed by atoms with E-state index in [2.05, 4.69) is 113 Å². The average Bonchev–Trinajstić information content (AvgIpc) is 4.15. The lowest BCUT2D eigenvalue weighted by Gasteiger charge is -2.36. The molecule has 68 heavy (non-hydrogen) atoms. The molecule has 0 saturated heterocycles. The molecule has 2 N–H and O–H groups in total. The second-order valence-electron chi connectivity index (χ2n) is 20.6. The minimum atomic E-state index is -1.35. The fourth-order valence-electron chi connectivity index (χ4n) is 9.55. The lowest BCUT2D eigenvalue weighted by atomic mass is 9.87. The normalized spacial score (nSPS) is 19.0. The number of benzene rings is 2. The molecule has 8 bridgehead atoms. The number of ether oxygens (including phenoxy) is 2. The van der Waals surface area contributed by atoms with Crippen LogP contribution in [0.3, 0.4) is 0 Å². The third kappa shape index (κ3) is 13.6. The zero-order chi connectivity index (χ0) is 48.2. The van der Waals surface area contributed by atoms with E-state index in [9.17, 15) is 0 Å². The second kappa shape index (κ2) is 23.3. The van der Waals surface area contributed by atoms with Crippen molar-refractivity contribution in [3.63, 3.8) is 0 Å². The number of alkyl halides is 2. The standard InChI is InChI=1S/C57H77Cl2N7O2/c1-8-9-10-11-12-13-14-15-36-65(4,5)38-17-41-68-51-28-21-45(22-29-51)57(59)54-32-25-48(62-54)42-46-23-30-52(60-46)55(53-31-24-47(61-53)43-49-33-34-56(57,58)63-49)44-19-26-50(27-20-44)67-40-18-39-66(6,7)37-16-35-64(2)3/h19-34,42-43,60,62H,8-18,35-41H2,1-7H3/q+2. The number of H-pyrrole nitrogens is 2. The highest BCUT2D eigenvalue weighted by Crippen LogP contribution is 2.52. The van der Waals surface area contributed by atoms with Gasteiger partial charge in [0, 0.05) is 53.5 Å². The van der Waals surface area contributed by atoms with Crippen molar-refractivity contribution < 1.29 is 18.4 Å². The summed E-state index contributed by atoms with van der Waals surface area (Å²) in [7, 11) is 13.6. The van der Waals surface area contributed by atoms with Gasteiger partial charge in [-0.15, -0.1) is 11.6 Å². The van der Waals surface area contributed by atoms with Crippen molar-refractivity contribution in [2.75, 3.05) is 88.2 Å². The number of nitrogens with one attached hydrogen (secondary N) is 2. The number of rotatable bonds is 25. The first-order chi connectivity index (χ1) is 32.6. The van der Waals surface area contributed by atoms with Crippen molar-refractivity contribution in [2.24, 2.45) is 9.98 Å². The van der Waals surface area contributed by atoms with Gasteiger partial charge in [0.25, 0.3) is 0 Å². The summed E-state index contributed by atoms with van der Waals surface area (Å²) in [4.78, 5) is 17.1. The molecule has 7 rings (SSSR count). The minimum absolute atomic E-state index is 0.654. The van der Waals surface area contributed by atoms with Crippen LogP contribution >= 0.6 is 23.2 Å². The smallest absolute Gasteiger partial charge is 0.181 e. The number of allylic oxidation sites excluding steroid dienone is 4. The fraction of sp³-hybridized carbons (Fsp3) is 0.474. The number of fused-ring (bicyclic) bond motifs is 6. The van der Waals surface area contributed by atoms with Crippen molar-refractivity contribution in [1.29, 1.82) is 0 Å². The molecule has 11 heteroatoms. The number of unbranched alkanes of at least 4 members (excludes halogenated alkanes) is 7. The highest BCUT2D eigenvalue weighted by Gasteiger charge is 2.53. The SMILES string of the molecule is CCCCCCCCCC[N+](C)(C)CCCOc1ccc(C2(Cl)c3ccc([nH]3)C=c3ccc([nH]3)=C(c3ccc(OCCC[N+](C)(C)CCCN(C)C)cc3)C3=NC(=CC4=NC2(Cl)C=C4)C=C3)cc1. The van der Waals surface area contributed by atoms with Crippen LogP contribution in [0.1, 0.15) is 100 Å². The van der Waals surface area contributed by atoms with Crippen LogP contribution in [0.5, 0.6) is 11.5 Å². The molecule has 2 unspecified atom stereocenters. The van der Waals surface area contributed by atoms with E-state index in [0.717, 1.165) is 110 Å². The lowest BCUT2D eigenvalue weighted by Crippen LogP contribution is -2.42. The van der Waals surface area contributed by atoms with Crippen LogP contribution in [0.15, 0.2) is 119 Å². The van der Waals surface area contributed by atoms with Gasteiger partial charge in [-0.25, -0.2) is 4.99 Å². The first-order valence-corrected chi connectivity index (χ1v) is 25.9. The number of hydrogen-bond acceptors (Lipinski definition) is 5. The number of quaternary nitrogens is 2. The summed E-state index contributed by atoms with van der Waals surface area (Å²) < 4.78 is 14.5. The van der Waals surface area contributed by atoms with E-state index >= 15 is 0 Å². The number of nitrogens with zero attached hydrogens (tertiary/aromatic N) is 5. The van der Waals surface area contributed by atoms with Gasteiger partial charge in [-0.1, -0.05) is 81.3 Å². The predicted molar refractivity (Wildman–Crippen MR) is 286 cm³/mol. The van der Waals surface area contributed by atoms with Crippen molar-refractivity contribution in [3.8, 4) is 11.5 Å². The molecule has 2 aromatic heterocycles. The Morgan fingerprint density at radius 2 is 1.25 bits per heavy atom. The Morgan fingerprint density at radius 3 is 1.91 bits per heavy atom. The number of aromatic amines is 2. The van der Waals surface area contributed by atoms with E-state index in [1.54, 1.807) is 0 Å². The van der Waals surface area contributed by atoms with Crippen LogP contribution in [-0.2, 0) is 4.87 Å². The van der Waals surface area contributed by atoms with Gasteiger partial charge in [0.1, 0.15) is 11.5 Å². The third-order valence-electron chi connectivity index (χ3n) is 13.6. The molecule has 2 atom stereocenters. The molecule has 0 radical (unpaired) electrons. The molecule has 0 saturated carbocycles.